The van der Waals surface area contributed by atoms with Crippen LogP contribution in [0.15, 0.2) is 85.3 Å². The number of hydrogen-bond acceptors (Lipinski definition) is 4. The van der Waals surface area contributed by atoms with Gasteiger partial charge >= 0.3 is 6.18 Å². The summed E-state index contributed by atoms with van der Waals surface area (Å²) in [7, 11) is 1.75. The summed E-state index contributed by atoms with van der Waals surface area (Å²) in [5.74, 6) is 0.132. The Hall–Kier alpha value is -4.07. The summed E-state index contributed by atoms with van der Waals surface area (Å²) in [6.45, 7) is 0.613. The first-order valence-electron chi connectivity index (χ1n) is 10.6. The van der Waals surface area contributed by atoms with Crippen molar-refractivity contribution in [2.45, 2.75) is 19.3 Å². The number of pyridine rings is 2. The number of benzene rings is 2. The van der Waals surface area contributed by atoms with Gasteiger partial charge in [-0.3, -0.25) is 10.4 Å². The SMILES string of the molecule is CNc1cn(Cc2ccc(-c3ccc(OCc4ccccn4)cc3C(F)(F)F)cc2)ccc1=N. The molecule has 0 atom stereocenters. The third-order valence-electron chi connectivity index (χ3n) is 5.33. The summed E-state index contributed by atoms with van der Waals surface area (Å²) in [6, 6.07) is 18.0. The van der Waals surface area contributed by atoms with Gasteiger partial charge in [-0.25, -0.2) is 0 Å². The van der Waals surface area contributed by atoms with Crippen LogP contribution in [0, 0.1) is 5.41 Å². The van der Waals surface area contributed by atoms with E-state index in [1.54, 1.807) is 61.9 Å². The number of anilines is 1. The molecule has 0 spiro atoms. The molecule has 4 rings (SSSR count). The van der Waals surface area contributed by atoms with Crippen LogP contribution in [0.3, 0.4) is 0 Å². The van der Waals surface area contributed by atoms with Crippen molar-refractivity contribution in [2.75, 3.05) is 12.4 Å². The molecule has 0 aliphatic carbocycles. The minimum atomic E-state index is -4.53. The molecule has 0 aliphatic rings. The largest absolute Gasteiger partial charge is 0.487 e. The summed E-state index contributed by atoms with van der Waals surface area (Å²) in [5.41, 5.74) is 2.06. The number of hydrogen-bond donors (Lipinski definition) is 2. The lowest BCUT2D eigenvalue weighted by molar-refractivity contribution is -0.137. The van der Waals surface area contributed by atoms with E-state index in [1.807, 2.05) is 22.9 Å². The van der Waals surface area contributed by atoms with Crippen LogP contribution in [0.25, 0.3) is 11.1 Å². The second-order valence-corrected chi connectivity index (χ2v) is 7.71. The number of alkyl halides is 3. The van der Waals surface area contributed by atoms with Crippen LogP contribution in [0.1, 0.15) is 16.8 Å². The monoisotopic (exact) mass is 464 g/mol. The summed E-state index contributed by atoms with van der Waals surface area (Å²) >= 11 is 0. The van der Waals surface area contributed by atoms with Crippen LogP contribution < -0.4 is 15.4 Å². The normalized spacial score (nSPS) is 11.3. The average molecular weight is 464 g/mol. The Balaban J connectivity index is 1.56. The zero-order valence-corrected chi connectivity index (χ0v) is 18.4. The van der Waals surface area contributed by atoms with Gasteiger partial charge in [0.2, 0.25) is 0 Å². The van der Waals surface area contributed by atoms with Crippen molar-refractivity contribution >= 4 is 5.69 Å². The molecule has 0 saturated carbocycles. The Bertz CT molecular complexity index is 1320. The Morgan fingerprint density at radius 2 is 1.82 bits per heavy atom. The number of halogens is 3. The average Bonchev–Trinajstić information content (AvgIpc) is 2.84. The quantitative estimate of drug-likeness (QED) is 0.368. The van der Waals surface area contributed by atoms with E-state index in [-0.39, 0.29) is 17.9 Å². The summed E-state index contributed by atoms with van der Waals surface area (Å²) in [4.78, 5) is 4.12. The molecule has 0 bridgehead atoms. The van der Waals surface area contributed by atoms with Gasteiger partial charge in [0.05, 0.1) is 22.3 Å². The molecule has 2 aromatic heterocycles. The van der Waals surface area contributed by atoms with Crippen LogP contribution in [0.5, 0.6) is 5.75 Å². The Kier molecular flexibility index (Phi) is 6.67. The van der Waals surface area contributed by atoms with E-state index in [0.717, 1.165) is 11.6 Å². The molecule has 0 radical (unpaired) electrons. The zero-order valence-electron chi connectivity index (χ0n) is 18.4. The first-order chi connectivity index (χ1) is 16.3. The predicted octanol–water partition coefficient (Wildman–Crippen LogP) is 5.72. The second-order valence-electron chi connectivity index (χ2n) is 7.71. The maximum Gasteiger partial charge on any atom is 0.417 e. The second kappa shape index (κ2) is 9.82. The molecule has 0 unspecified atom stereocenters. The third kappa shape index (κ3) is 5.46. The van der Waals surface area contributed by atoms with Crippen molar-refractivity contribution in [1.82, 2.24) is 9.55 Å². The van der Waals surface area contributed by atoms with Crippen LogP contribution in [0.4, 0.5) is 18.9 Å². The summed E-state index contributed by atoms with van der Waals surface area (Å²) < 4.78 is 49.0. The lowest BCUT2D eigenvalue weighted by Gasteiger charge is -2.16. The van der Waals surface area contributed by atoms with E-state index < -0.39 is 11.7 Å². The molecule has 5 nitrogen and oxygen atoms in total. The molecule has 174 valence electrons. The fourth-order valence-electron chi connectivity index (χ4n) is 3.58. The van der Waals surface area contributed by atoms with Gasteiger partial charge in [-0.1, -0.05) is 36.4 Å². The lowest BCUT2D eigenvalue weighted by atomic mass is 9.98. The molecule has 0 saturated heterocycles. The first-order valence-corrected chi connectivity index (χ1v) is 10.6. The lowest BCUT2D eigenvalue weighted by Crippen LogP contribution is -2.11. The first kappa shape index (κ1) is 23.1. The van der Waals surface area contributed by atoms with Gasteiger partial charge in [0, 0.05) is 32.2 Å². The topological polar surface area (TPSA) is 62.9 Å². The van der Waals surface area contributed by atoms with Crippen LogP contribution in [-0.4, -0.2) is 16.6 Å². The number of aromatic nitrogens is 2. The van der Waals surface area contributed by atoms with E-state index in [2.05, 4.69) is 10.3 Å². The molecule has 2 N–H and O–H groups in total. The van der Waals surface area contributed by atoms with Crippen molar-refractivity contribution in [2.24, 2.45) is 0 Å². The van der Waals surface area contributed by atoms with E-state index in [4.69, 9.17) is 10.1 Å². The molecule has 0 amide bonds. The highest BCUT2D eigenvalue weighted by Crippen LogP contribution is 2.39. The maximum absolute atomic E-state index is 13.9. The minimum absolute atomic E-state index is 0.0836. The molecule has 34 heavy (non-hydrogen) atoms. The summed E-state index contributed by atoms with van der Waals surface area (Å²) in [6.07, 6.45) is 0.690. The van der Waals surface area contributed by atoms with E-state index in [1.165, 1.54) is 6.07 Å². The van der Waals surface area contributed by atoms with E-state index >= 15 is 0 Å². The van der Waals surface area contributed by atoms with Gasteiger partial charge in [-0.15, -0.1) is 0 Å². The number of nitrogens with zero attached hydrogens (tertiary/aromatic N) is 2. The van der Waals surface area contributed by atoms with Gasteiger partial charge in [0.15, 0.2) is 0 Å². The van der Waals surface area contributed by atoms with E-state index in [9.17, 15) is 13.2 Å². The molecule has 4 aromatic rings. The number of nitrogens with one attached hydrogen (secondary N) is 2. The van der Waals surface area contributed by atoms with Gasteiger partial charge in [0.25, 0.3) is 0 Å². The fraction of sp³-hybridized carbons (Fsp3) is 0.154. The fourth-order valence-corrected chi connectivity index (χ4v) is 3.58. The van der Waals surface area contributed by atoms with Crippen molar-refractivity contribution < 1.29 is 17.9 Å². The van der Waals surface area contributed by atoms with Gasteiger partial charge in [-0.2, -0.15) is 13.2 Å². The van der Waals surface area contributed by atoms with Crippen LogP contribution in [-0.2, 0) is 19.3 Å². The molecule has 2 heterocycles. The van der Waals surface area contributed by atoms with Gasteiger partial charge in [-0.05, 0) is 47.0 Å². The highest BCUT2D eigenvalue weighted by molar-refractivity contribution is 5.69. The minimum Gasteiger partial charge on any atom is -0.487 e. The Morgan fingerprint density at radius 3 is 2.50 bits per heavy atom. The molecule has 2 aromatic carbocycles. The third-order valence-corrected chi connectivity index (χ3v) is 5.33. The zero-order chi connectivity index (χ0) is 24.1. The van der Waals surface area contributed by atoms with Crippen molar-refractivity contribution in [3.8, 4) is 16.9 Å². The highest BCUT2D eigenvalue weighted by Gasteiger charge is 2.34. The van der Waals surface area contributed by atoms with Crippen molar-refractivity contribution in [3.63, 3.8) is 0 Å². The van der Waals surface area contributed by atoms with E-state index in [0.29, 0.717) is 28.8 Å². The summed E-state index contributed by atoms with van der Waals surface area (Å²) in [5, 5.41) is 11.2. The standard InChI is InChI=1S/C26H23F3N4O/c1-31-25-16-33(13-11-24(25)30)15-18-5-7-19(8-6-18)22-10-9-21(14-23(22)26(27,28)29)34-17-20-4-2-3-12-32-20/h2-14,16,30-31H,15,17H2,1H3. The van der Waals surface area contributed by atoms with Crippen molar-refractivity contribution in [3.05, 3.63) is 107 Å². The number of rotatable bonds is 7. The number of ether oxygens (including phenoxy) is 1. The maximum atomic E-state index is 13.9. The molecular weight excluding hydrogens is 441 g/mol. The molecule has 0 aliphatic heterocycles. The van der Waals surface area contributed by atoms with Crippen LogP contribution >= 0.6 is 0 Å². The molecule has 8 heteroatoms. The van der Waals surface area contributed by atoms with Gasteiger partial charge < -0.3 is 14.6 Å². The predicted molar refractivity (Wildman–Crippen MR) is 124 cm³/mol. The molecular formula is C26H23F3N4O. The highest BCUT2D eigenvalue weighted by atomic mass is 19.4. The smallest absolute Gasteiger partial charge is 0.417 e. The Morgan fingerprint density at radius 1 is 1.03 bits per heavy atom. The molecule has 0 fully saturated rings. The van der Waals surface area contributed by atoms with Gasteiger partial charge in [0.1, 0.15) is 12.4 Å². The van der Waals surface area contributed by atoms with Crippen molar-refractivity contribution in [1.29, 1.82) is 5.41 Å². The Labute approximate surface area is 195 Å². The van der Waals surface area contributed by atoms with Crippen LogP contribution in [0.2, 0.25) is 0 Å².